The smallest absolute Gasteiger partial charge is 0.243 e. The first-order valence-electron chi connectivity index (χ1n) is 11.3. The summed E-state index contributed by atoms with van der Waals surface area (Å²) < 4.78 is 27.0. The maximum absolute atomic E-state index is 13.3. The van der Waals surface area contributed by atoms with Gasteiger partial charge in [0.1, 0.15) is 6.04 Å². The van der Waals surface area contributed by atoms with Crippen LogP contribution in [-0.4, -0.2) is 62.2 Å². The standard InChI is InChI=1S/C25H35N3O4S/c1-5-17-26-25(30)23(6-2)28(18-16-21-10-8-7-9-11-21)24(29)19-27(4)33(31,32)22-14-12-20(3)13-15-22/h7-15,23H,5-6,16-19H2,1-4H3,(H,26,30)/t23-/m0/s1. The molecule has 0 saturated carbocycles. The van der Waals surface area contributed by atoms with Gasteiger partial charge in [-0.1, -0.05) is 61.9 Å². The largest absolute Gasteiger partial charge is 0.354 e. The van der Waals surface area contributed by atoms with E-state index >= 15 is 0 Å². The fraction of sp³-hybridized carbons (Fsp3) is 0.440. The van der Waals surface area contributed by atoms with Crippen molar-refractivity contribution in [3.05, 3.63) is 65.7 Å². The summed E-state index contributed by atoms with van der Waals surface area (Å²) in [5.74, 6) is -0.618. The number of amides is 2. The molecule has 0 aliphatic carbocycles. The summed E-state index contributed by atoms with van der Waals surface area (Å²) in [5.41, 5.74) is 1.99. The zero-order valence-corrected chi connectivity index (χ0v) is 20.8. The Bertz CT molecular complexity index is 1010. The lowest BCUT2D eigenvalue weighted by Crippen LogP contribution is -2.52. The van der Waals surface area contributed by atoms with Gasteiger partial charge in [0.15, 0.2) is 0 Å². The SMILES string of the molecule is CCCNC(=O)[C@H](CC)N(CCc1ccccc1)C(=O)CN(C)S(=O)(=O)c1ccc(C)cc1. The van der Waals surface area contributed by atoms with Gasteiger partial charge >= 0.3 is 0 Å². The van der Waals surface area contributed by atoms with Crippen molar-refractivity contribution in [1.29, 1.82) is 0 Å². The molecule has 33 heavy (non-hydrogen) atoms. The lowest BCUT2D eigenvalue weighted by atomic mass is 10.1. The van der Waals surface area contributed by atoms with Crippen LogP contribution in [0.1, 0.15) is 37.8 Å². The molecule has 1 N–H and O–H groups in total. The monoisotopic (exact) mass is 473 g/mol. The quantitative estimate of drug-likeness (QED) is 0.513. The van der Waals surface area contributed by atoms with E-state index in [4.69, 9.17) is 0 Å². The van der Waals surface area contributed by atoms with E-state index in [2.05, 4.69) is 5.32 Å². The third kappa shape index (κ3) is 7.40. The number of nitrogens with zero attached hydrogens (tertiary/aromatic N) is 2. The number of likely N-dealkylation sites (N-methyl/N-ethyl adjacent to an activating group) is 1. The molecule has 0 spiro atoms. The first-order chi connectivity index (χ1) is 15.7. The molecule has 0 saturated heterocycles. The topological polar surface area (TPSA) is 86.8 Å². The van der Waals surface area contributed by atoms with Crippen LogP contribution in [0.15, 0.2) is 59.5 Å². The molecule has 0 aromatic heterocycles. The lowest BCUT2D eigenvalue weighted by Gasteiger charge is -2.32. The Balaban J connectivity index is 2.23. The molecule has 2 aromatic rings. The second-order valence-electron chi connectivity index (χ2n) is 8.11. The fourth-order valence-corrected chi connectivity index (χ4v) is 4.64. The molecule has 0 aliphatic rings. The fourth-order valence-electron chi connectivity index (χ4n) is 3.52. The summed E-state index contributed by atoms with van der Waals surface area (Å²) in [6, 6.07) is 15.6. The van der Waals surface area contributed by atoms with Gasteiger partial charge in [-0.25, -0.2) is 8.42 Å². The predicted molar refractivity (Wildman–Crippen MR) is 130 cm³/mol. The minimum atomic E-state index is -3.83. The third-order valence-corrected chi connectivity index (χ3v) is 7.32. The summed E-state index contributed by atoms with van der Waals surface area (Å²) in [6.07, 6.45) is 1.79. The van der Waals surface area contributed by atoms with Gasteiger partial charge in [0, 0.05) is 20.1 Å². The van der Waals surface area contributed by atoms with Crippen molar-refractivity contribution in [2.75, 3.05) is 26.7 Å². The molecule has 180 valence electrons. The molecule has 0 bridgehead atoms. The zero-order valence-electron chi connectivity index (χ0n) is 20.0. The maximum atomic E-state index is 13.3. The molecule has 7 nitrogen and oxygen atoms in total. The van der Waals surface area contributed by atoms with E-state index in [1.165, 1.54) is 24.1 Å². The zero-order chi connectivity index (χ0) is 24.4. The van der Waals surface area contributed by atoms with E-state index in [0.717, 1.165) is 21.9 Å². The van der Waals surface area contributed by atoms with Crippen LogP contribution in [0, 0.1) is 6.92 Å². The number of nitrogens with one attached hydrogen (secondary N) is 1. The van der Waals surface area contributed by atoms with Crippen molar-refractivity contribution in [2.24, 2.45) is 0 Å². The van der Waals surface area contributed by atoms with Crippen LogP contribution in [-0.2, 0) is 26.0 Å². The van der Waals surface area contributed by atoms with Gasteiger partial charge in [-0.05, 0) is 43.9 Å². The minimum absolute atomic E-state index is 0.131. The molecule has 0 fully saturated rings. The van der Waals surface area contributed by atoms with Crippen LogP contribution in [0.25, 0.3) is 0 Å². The van der Waals surface area contributed by atoms with Crippen LogP contribution in [0.4, 0.5) is 0 Å². The number of aryl methyl sites for hydroxylation is 1. The number of carbonyl (C=O) groups is 2. The summed E-state index contributed by atoms with van der Waals surface area (Å²) in [7, 11) is -2.44. The van der Waals surface area contributed by atoms with Crippen LogP contribution in [0.2, 0.25) is 0 Å². The second kappa shape index (κ2) is 12.5. The van der Waals surface area contributed by atoms with Crippen molar-refractivity contribution in [1.82, 2.24) is 14.5 Å². The molecule has 2 aromatic carbocycles. The van der Waals surface area contributed by atoms with E-state index in [1.54, 1.807) is 12.1 Å². The Morgan fingerprint density at radius 2 is 1.64 bits per heavy atom. The second-order valence-corrected chi connectivity index (χ2v) is 10.2. The summed E-state index contributed by atoms with van der Waals surface area (Å²) in [6.45, 7) is 6.19. The predicted octanol–water partition coefficient (Wildman–Crippen LogP) is 2.99. The van der Waals surface area contributed by atoms with Crippen molar-refractivity contribution in [2.45, 2.75) is 51.0 Å². The Labute approximate surface area is 197 Å². The number of hydrogen-bond donors (Lipinski definition) is 1. The van der Waals surface area contributed by atoms with Gasteiger partial charge in [-0.15, -0.1) is 0 Å². The van der Waals surface area contributed by atoms with E-state index in [0.29, 0.717) is 25.9 Å². The number of carbonyl (C=O) groups excluding carboxylic acids is 2. The highest BCUT2D eigenvalue weighted by molar-refractivity contribution is 7.89. The van der Waals surface area contributed by atoms with Crippen molar-refractivity contribution >= 4 is 21.8 Å². The molecule has 0 aliphatic heterocycles. The van der Waals surface area contributed by atoms with Crippen molar-refractivity contribution in [3.8, 4) is 0 Å². The average molecular weight is 474 g/mol. The maximum Gasteiger partial charge on any atom is 0.243 e. The van der Waals surface area contributed by atoms with Gasteiger partial charge in [0.25, 0.3) is 0 Å². The third-order valence-electron chi connectivity index (χ3n) is 5.51. The molecular weight excluding hydrogens is 438 g/mol. The summed E-state index contributed by atoms with van der Waals surface area (Å²) in [4.78, 5) is 27.8. The highest BCUT2D eigenvalue weighted by atomic mass is 32.2. The van der Waals surface area contributed by atoms with Gasteiger partial charge in [0.05, 0.1) is 11.4 Å². The Morgan fingerprint density at radius 1 is 1.00 bits per heavy atom. The normalized spacial score (nSPS) is 12.4. The van der Waals surface area contributed by atoms with E-state index in [9.17, 15) is 18.0 Å². The Hall–Kier alpha value is -2.71. The van der Waals surface area contributed by atoms with Crippen LogP contribution in [0.3, 0.4) is 0 Å². The number of rotatable bonds is 12. The van der Waals surface area contributed by atoms with Gasteiger partial charge < -0.3 is 10.2 Å². The molecular formula is C25H35N3O4S. The van der Waals surface area contributed by atoms with Crippen molar-refractivity contribution < 1.29 is 18.0 Å². The van der Waals surface area contributed by atoms with Crippen LogP contribution >= 0.6 is 0 Å². The molecule has 0 heterocycles. The van der Waals surface area contributed by atoms with Gasteiger partial charge in [-0.3, -0.25) is 9.59 Å². The molecule has 1 atom stereocenters. The van der Waals surface area contributed by atoms with E-state index in [1.807, 2.05) is 51.1 Å². The van der Waals surface area contributed by atoms with E-state index < -0.39 is 22.0 Å². The first-order valence-corrected chi connectivity index (χ1v) is 12.8. The highest BCUT2D eigenvalue weighted by Crippen LogP contribution is 2.16. The number of benzene rings is 2. The van der Waals surface area contributed by atoms with Crippen molar-refractivity contribution in [3.63, 3.8) is 0 Å². The first kappa shape index (κ1) is 26.5. The average Bonchev–Trinajstić information content (AvgIpc) is 2.80. The van der Waals surface area contributed by atoms with Crippen LogP contribution in [0.5, 0.6) is 0 Å². The van der Waals surface area contributed by atoms with Gasteiger partial charge in [0.2, 0.25) is 21.8 Å². The molecule has 2 amide bonds. The lowest BCUT2D eigenvalue weighted by molar-refractivity contribution is -0.140. The van der Waals surface area contributed by atoms with E-state index in [-0.39, 0.29) is 17.3 Å². The van der Waals surface area contributed by atoms with Crippen LogP contribution < -0.4 is 5.32 Å². The Kier molecular flexibility index (Phi) is 10.1. The summed E-state index contributed by atoms with van der Waals surface area (Å²) in [5, 5.41) is 2.87. The minimum Gasteiger partial charge on any atom is -0.354 e. The summed E-state index contributed by atoms with van der Waals surface area (Å²) >= 11 is 0. The Morgan fingerprint density at radius 3 is 2.21 bits per heavy atom. The molecule has 8 heteroatoms. The highest BCUT2D eigenvalue weighted by Gasteiger charge is 2.31. The number of sulfonamides is 1. The molecule has 0 unspecified atom stereocenters. The molecule has 0 radical (unpaired) electrons. The van der Waals surface area contributed by atoms with Gasteiger partial charge in [-0.2, -0.15) is 4.31 Å². The number of hydrogen-bond acceptors (Lipinski definition) is 4. The molecule has 2 rings (SSSR count).